The highest BCUT2D eigenvalue weighted by Gasteiger charge is 2.52. The van der Waals surface area contributed by atoms with Crippen LogP contribution in [0.5, 0.6) is 0 Å². The Kier molecular flexibility index (Phi) is 8.44. The Labute approximate surface area is 235 Å². The molecule has 0 radical (unpaired) electrons. The maximum absolute atomic E-state index is 13.5. The third kappa shape index (κ3) is 6.09. The summed E-state index contributed by atoms with van der Waals surface area (Å²) in [5.41, 5.74) is -0.0519. The minimum atomic E-state index is -3.63. The highest BCUT2D eigenvalue weighted by Crippen LogP contribution is 2.38. The number of nitrogens with one attached hydrogen (secondary N) is 2. The Morgan fingerprint density at radius 2 is 2.00 bits per heavy atom. The lowest BCUT2D eigenvalue weighted by molar-refractivity contribution is -0.141. The smallest absolute Gasteiger partial charge is 0.408 e. The second-order valence-electron chi connectivity index (χ2n) is 11.6. The minimum absolute atomic E-state index is 0.106. The van der Waals surface area contributed by atoms with E-state index < -0.39 is 39.8 Å². The molecule has 218 valence electrons. The van der Waals surface area contributed by atoms with Crippen molar-refractivity contribution in [3.05, 3.63) is 29.8 Å². The SMILES string of the molecule is CNS(=O)(=O)c1cccc([C@H](C)N2C(=O)[C@H]3C[C@@H]2CN3C[C@H](NC(=O)OC(C)(C)C)C(=O)N2CCC[C@H]2C#N)c1. The van der Waals surface area contributed by atoms with Gasteiger partial charge < -0.3 is 19.9 Å². The number of nitriles is 1. The molecule has 1 aromatic carbocycles. The summed E-state index contributed by atoms with van der Waals surface area (Å²) in [5, 5.41) is 12.2. The molecular formula is C27H38N6O6S. The van der Waals surface area contributed by atoms with Crippen LogP contribution in [0.2, 0.25) is 0 Å². The zero-order valence-corrected chi connectivity index (χ0v) is 24.4. The fourth-order valence-corrected chi connectivity index (χ4v) is 6.64. The lowest BCUT2D eigenvalue weighted by atomic mass is 10.1. The summed E-state index contributed by atoms with van der Waals surface area (Å²) in [7, 11) is -2.28. The van der Waals surface area contributed by atoms with Crippen molar-refractivity contribution in [2.45, 2.75) is 87.7 Å². The number of alkyl carbamates (subject to hydrolysis) is 1. The average Bonchev–Trinajstić information content (AvgIpc) is 3.61. The molecule has 3 amide bonds. The van der Waals surface area contributed by atoms with E-state index in [1.807, 2.05) is 11.8 Å². The first-order valence-electron chi connectivity index (χ1n) is 13.5. The van der Waals surface area contributed by atoms with Crippen molar-refractivity contribution < 1.29 is 27.5 Å². The van der Waals surface area contributed by atoms with Crippen LogP contribution in [0.25, 0.3) is 0 Å². The van der Waals surface area contributed by atoms with E-state index >= 15 is 0 Å². The molecule has 12 nitrogen and oxygen atoms in total. The van der Waals surface area contributed by atoms with Crippen LogP contribution in [-0.4, -0.2) is 97.5 Å². The summed E-state index contributed by atoms with van der Waals surface area (Å²) in [6.45, 7) is 8.10. The second-order valence-corrected chi connectivity index (χ2v) is 13.5. The molecule has 5 atom stereocenters. The predicted octanol–water partition coefficient (Wildman–Crippen LogP) is 1.35. The standard InChI is InChI=1S/C27H38N6O6S/c1-17(18-8-6-10-21(12-18)40(37,38)29-5)33-20-13-23(25(33)35)31(15-20)16-22(30-26(36)39-27(2,3)4)24(34)32-11-7-9-19(32)14-28/h6,8,10,12,17,19-20,22-23,29H,7,9,11,13,15-16H2,1-5H3,(H,30,36)/t17-,19-,20+,22-,23+/m0/s1. The van der Waals surface area contributed by atoms with E-state index in [1.54, 1.807) is 43.9 Å². The average molecular weight is 575 g/mol. The van der Waals surface area contributed by atoms with Gasteiger partial charge in [0, 0.05) is 25.7 Å². The molecule has 2 bridgehead atoms. The van der Waals surface area contributed by atoms with Crippen molar-refractivity contribution in [1.82, 2.24) is 24.7 Å². The second kappa shape index (κ2) is 11.3. The van der Waals surface area contributed by atoms with Crippen LogP contribution in [0.4, 0.5) is 4.79 Å². The molecule has 0 aliphatic carbocycles. The fraction of sp³-hybridized carbons (Fsp3) is 0.630. The third-order valence-electron chi connectivity index (χ3n) is 7.74. The Balaban J connectivity index is 1.50. The number of nitrogens with zero attached hydrogens (tertiary/aromatic N) is 4. The van der Waals surface area contributed by atoms with Gasteiger partial charge in [0.1, 0.15) is 17.7 Å². The number of carbonyl (C=O) groups is 3. The Morgan fingerprint density at radius 3 is 2.62 bits per heavy atom. The Hall–Kier alpha value is -3.21. The van der Waals surface area contributed by atoms with Crippen molar-refractivity contribution in [2.24, 2.45) is 0 Å². The number of ether oxygens (including phenoxy) is 1. The molecule has 2 N–H and O–H groups in total. The van der Waals surface area contributed by atoms with E-state index in [0.717, 1.165) is 0 Å². The van der Waals surface area contributed by atoms with Gasteiger partial charge in [-0.25, -0.2) is 17.9 Å². The van der Waals surface area contributed by atoms with Crippen LogP contribution in [0, 0.1) is 11.3 Å². The van der Waals surface area contributed by atoms with Crippen LogP contribution >= 0.6 is 0 Å². The van der Waals surface area contributed by atoms with Gasteiger partial charge >= 0.3 is 6.09 Å². The molecule has 0 saturated carbocycles. The van der Waals surface area contributed by atoms with E-state index in [4.69, 9.17) is 4.74 Å². The first-order valence-corrected chi connectivity index (χ1v) is 15.0. The normalized spacial score (nSPS) is 24.6. The zero-order valence-electron chi connectivity index (χ0n) is 23.6. The van der Waals surface area contributed by atoms with E-state index in [0.29, 0.717) is 37.9 Å². The van der Waals surface area contributed by atoms with Gasteiger partial charge in [-0.15, -0.1) is 0 Å². The summed E-state index contributed by atoms with van der Waals surface area (Å²) in [6, 6.07) is 6.22. The molecular weight excluding hydrogens is 536 g/mol. The quantitative estimate of drug-likeness (QED) is 0.472. The molecule has 3 saturated heterocycles. The number of hydrogen-bond donors (Lipinski definition) is 2. The number of sulfonamides is 1. The van der Waals surface area contributed by atoms with Crippen LogP contribution in [0.1, 0.15) is 58.6 Å². The largest absolute Gasteiger partial charge is 0.444 e. The first kappa shape index (κ1) is 29.8. The molecule has 3 aliphatic heterocycles. The molecule has 40 heavy (non-hydrogen) atoms. The summed E-state index contributed by atoms with van der Waals surface area (Å²) >= 11 is 0. The Bertz CT molecular complexity index is 1310. The molecule has 0 aromatic heterocycles. The van der Waals surface area contributed by atoms with Gasteiger partial charge in [0.2, 0.25) is 21.8 Å². The molecule has 3 aliphatic rings. The van der Waals surface area contributed by atoms with E-state index in [9.17, 15) is 28.1 Å². The lowest BCUT2D eigenvalue weighted by Crippen LogP contribution is -2.59. The number of likely N-dealkylation sites (tertiary alicyclic amines) is 3. The molecule has 1 aromatic rings. The van der Waals surface area contributed by atoms with Gasteiger partial charge in [0.25, 0.3) is 0 Å². The summed E-state index contributed by atoms with van der Waals surface area (Å²) in [5.74, 6) is -0.469. The lowest BCUT2D eigenvalue weighted by Gasteiger charge is -2.39. The highest BCUT2D eigenvalue weighted by molar-refractivity contribution is 7.89. The van der Waals surface area contributed by atoms with Crippen LogP contribution < -0.4 is 10.0 Å². The van der Waals surface area contributed by atoms with E-state index in [1.165, 1.54) is 18.0 Å². The van der Waals surface area contributed by atoms with Gasteiger partial charge in [0.05, 0.1) is 23.0 Å². The minimum Gasteiger partial charge on any atom is -0.444 e. The van der Waals surface area contributed by atoms with Gasteiger partial charge in [-0.1, -0.05) is 12.1 Å². The van der Waals surface area contributed by atoms with Crippen molar-refractivity contribution in [3.63, 3.8) is 0 Å². The fourth-order valence-electron chi connectivity index (χ4n) is 5.85. The number of hydrogen-bond acceptors (Lipinski definition) is 8. The highest BCUT2D eigenvalue weighted by atomic mass is 32.2. The summed E-state index contributed by atoms with van der Waals surface area (Å²) in [6.07, 6.45) is 1.12. The van der Waals surface area contributed by atoms with Gasteiger partial charge in [0.15, 0.2) is 0 Å². The van der Waals surface area contributed by atoms with E-state index in [2.05, 4.69) is 16.1 Å². The van der Waals surface area contributed by atoms with Crippen LogP contribution in [0.3, 0.4) is 0 Å². The summed E-state index contributed by atoms with van der Waals surface area (Å²) < 4.78 is 32.3. The monoisotopic (exact) mass is 574 g/mol. The molecule has 0 unspecified atom stereocenters. The topological polar surface area (TPSA) is 152 Å². The Morgan fingerprint density at radius 1 is 1.27 bits per heavy atom. The van der Waals surface area contributed by atoms with Crippen LogP contribution in [-0.2, 0) is 24.3 Å². The van der Waals surface area contributed by atoms with Crippen molar-refractivity contribution in [1.29, 1.82) is 5.26 Å². The molecule has 4 rings (SSSR count). The maximum Gasteiger partial charge on any atom is 0.408 e. The number of amides is 3. The predicted molar refractivity (Wildman–Crippen MR) is 145 cm³/mol. The van der Waals surface area contributed by atoms with Crippen molar-refractivity contribution >= 4 is 27.9 Å². The number of rotatable bonds is 8. The van der Waals surface area contributed by atoms with Gasteiger partial charge in [-0.3, -0.25) is 14.5 Å². The molecule has 13 heteroatoms. The zero-order chi connectivity index (χ0) is 29.4. The van der Waals surface area contributed by atoms with Crippen molar-refractivity contribution in [2.75, 3.05) is 26.7 Å². The molecule has 3 fully saturated rings. The molecule has 3 heterocycles. The molecule has 0 spiro atoms. The third-order valence-corrected chi connectivity index (χ3v) is 9.15. The first-order chi connectivity index (χ1) is 18.8. The number of benzene rings is 1. The van der Waals surface area contributed by atoms with E-state index in [-0.39, 0.29) is 35.3 Å². The summed E-state index contributed by atoms with van der Waals surface area (Å²) in [4.78, 5) is 45.0. The van der Waals surface area contributed by atoms with Gasteiger partial charge in [-0.2, -0.15) is 5.26 Å². The van der Waals surface area contributed by atoms with Gasteiger partial charge in [-0.05, 0) is 71.7 Å². The number of fused-ring (bicyclic) bond motifs is 2. The number of piperazine rings is 1. The van der Waals surface area contributed by atoms with Crippen LogP contribution in [0.15, 0.2) is 29.2 Å². The number of carbonyl (C=O) groups excluding carboxylic acids is 3. The maximum atomic E-state index is 13.5. The van der Waals surface area contributed by atoms with Crippen molar-refractivity contribution in [3.8, 4) is 6.07 Å².